The number of halogens is 1. The first-order chi connectivity index (χ1) is 8.00. The molecule has 2 atom stereocenters. The minimum absolute atomic E-state index is 0.0462. The first-order valence-electron chi connectivity index (χ1n) is 5.00. The average molecular weight is 352 g/mol. The summed E-state index contributed by atoms with van der Waals surface area (Å²) in [5, 5.41) is 0.0462. The number of thioether (sulfide) groups is 1. The van der Waals surface area contributed by atoms with Gasteiger partial charge in [-0.1, -0.05) is 52.0 Å². The maximum atomic E-state index is 11.7. The lowest BCUT2D eigenvalue weighted by Crippen LogP contribution is -2.13. The van der Waals surface area contributed by atoms with Crippen LogP contribution in [0.1, 0.15) is 17.2 Å². The lowest BCUT2D eigenvalue weighted by Gasteiger charge is -2.18. The van der Waals surface area contributed by atoms with E-state index in [1.165, 1.54) is 11.8 Å². The van der Waals surface area contributed by atoms with Gasteiger partial charge in [-0.2, -0.15) is 0 Å². The molecule has 0 saturated heterocycles. The molecule has 2 nitrogen and oxygen atoms in total. The molecule has 0 aliphatic heterocycles. The van der Waals surface area contributed by atoms with Gasteiger partial charge in [-0.05, 0) is 23.3 Å². The molecule has 2 N–H and O–H groups in total. The van der Waals surface area contributed by atoms with Crippen molar-refractivity contribution < 1.29 is 4.55 Å². The smallest absolute Gasteiger partial charge is 0.141 e. The minimum Gasteiger partial charge on any atom is -0.616 e. The van der Waals surface area contributed by atoms with Gasteiger partial charge < -0.3 is 10.3 Å². The number of rotatable bonds is 5. The van der Waals surface area contributed by atoms with Crippen molar-refractivity contribution in [3.63, 3.8) is 0 Å². The Labute approximate surface area is 123 Å². The molecule has 0 fully saturated rings. The van der Waals surface area contributed by atoms with Gasteiger partial charge in [0.25, 0.3) is 0 Å². The fourth-order valence-corrected chi connectivity index (χ4v) is 3.68. The van der Waals surface area contributed by atoms with Crippen LogP contribution in [0.15, 0.2) is 28.7 Å². The molecule has 0 aliphatic rings. The van der Waals surface area contributed by atoms with Gasteiger partial charge in [0.2, 0.25) is 0 Å². The third-order valence-corrected chi connectivity index (χ3v) is 5.18. The molecule has 6 heteroatoms. The van der Waals surface area contributed by atoms with Crippen molar-refractivity contribution in [2.75, 3.05) is 12.0 Å². The molecule has 1 aromatic carbocycles. The van der Waals surface area contributed by atoms with E-state index >= 15 is 0 Å². The molecular weight excluding hydrogens is 338 g/mol. The zero-order chi connectivity index (χ0) is 12.8. The molecule has 0 heterocycles. The second-order valence-corrected chi connectivity index (χ2v) is 7.81. The fourth-order valence-electron chi connectivity index (χ4n) is 1.47. The molecule has 1 aromatic rings. The van der Waals surface area contributed by atoms with E-state index in [1.54, 1.807) is 6.26 Å². The maximum absolute atomic E-state index is 11.7. The van der Waals surface area contributed by atoms with Crippen molar-refractivity contribution in [2.45, 2.75) is 11.7 Å². The quantitative estimate of drug-likeness (QED) is 0.653. The standard InChI is InChI=1S/C11H14BrNOS3/c1-17(14)10(6-7-16-11(13)15)8-2-4-9(12)5-3-8/h2-5,10H,6-7H2,1H3,(H2,13,15). The SMILES string of the molecule is C[S+]([O-])C(CCSC(N)=S)c1ccc(Br)cc1. The van der Waals surface area contributed by atoms with E-state index in [-0.39, 0.29) is 5.25 Å². The summed E-state index contributed by atoms with van der Waals surface area (Å²) in [5.74, 6) is 0.801. The van der Waals surface area contributed by atoms with E-state index in [1.807, 2.05) is 24.3 Å². The highest BCUT2D eigenvalue weighted by Gasteiger charge is 2.20. The van der Waals surface area contributed by atoms with Crippen LogP contribution in [0.5, 0.6) is 0 Å². The predicted molar refractivity (Wildman–Crippen MR) is 84.8 cm³/mol. The van der Waals surface area contributed by atoms with Crippen LogP contribution < -0.4 is 5.73 Å². The van der Waals surface area contributed by atoms with Crippen LogP contribution in [0.2, 0.25) is 0 Å². The maximum Gasteiger partial charge on any atom is 0.141 e. The Morgan fingerprint density at radius 2 is 2.12 bits per heavy atom. The summed E-state index contributed by atoms with van der Waals surface area (Å²) >= 11 is 8.75. The van der Waals surface area contributed by atoms with Crippen LogP contribution >= 0.6 is 39.9 Å². The Morgan fingerprint density at radius 3 is 2.59 bits per heavy atom. The van der Waals surface area contributed by atoms with Gasteiger partial charge in [-0.3, -0.25) is 0 Å². The first-order valence-corrected chi connectivity index (χ1v) is 8.81. The topological polar surface area (TPSA) is 49.1 Å². The van der Waals surface area contributed by atoms with E-state index < -0.39 is 11.2 Å². The van der Waals surface area contributed by atoms with Crippen LogP contribution in [0.25, 0.3) is 0 Å². The number of nitrogens with two attached hydrogens (primary N) is 1. The molecule has 94 valence electrons. The normalized spacial score (nSPS) is 14.3. The molecule has 0 radical (unpaired) electrons. The van der Waals surface area contributed by atoms with Crippen molar-refractivity contribution in [3.05, 3.63) is 34.3 Å². The fraction of sp³-hybridized carbons (Fsp3) is 0.364. The third kappa shape index (κ3) is 5.61. The lowest BCUT2D eigenvalue weighted by molar-refractivity contribution is 0.585. The van der Waals surface area contributed by atoms with Gasteiger partial charge in [0, 0.05) is 22.2 Å². The number of hydrogen-bond donors (Lipinski definition) is 1. The van der Waals surface area contributed by atoms with Gasteiger partial charge in [0.15, 0.2) is 0 Å². The summed E-state index contributed by atoms with van der Waals surface area (Å²) in [5.41, 5.74) is 6.52. The monoisotopic (exact) mass is 351 g/mol. The van der Waals surface area contributed by atoms with Crippen molar-refractivity contribution in [3.8, 4) is 0 Å². The van der Waals surface area contributed by atoms with Crippen molar-refractivity contribution in [1.82, 2.24) is 0 Å². The molecule has 0 saturated carbocycles. The van der Waals surface area contributed by atoms with Crippen LogP contribution in [0, 0.1) is 0 Å². The molecule has 0 bridgehead atoms. The number of hydrogen-bond acceptors (Lipinski definition) is 3. The summed E-state index contributed by atoms with van der Waals surface area (Å²) in [6.45, 7) is 0. The van der Waals surface area contributed by atoms with Crippen LogP contribution in [-0.2, 0) is 11.2 Å². The van der Waals surface area contributed by atoms with Crippen LogP contribution in [-0.4, -0.2) is 20.9 Å². The number of benzene rings is 1. The van der Waals surface area contributed by atoms with Crippen molar-refractivity contribution in [2.24, 2.45) is 5.73 Å². The molecule has 0 aliphatic carbocycles. The van der Waals surface area contributed by atoms with E-state index in [4.69, 9.17) is 18.0 Å². The highest BCUT2D eigenvalue weighted by Crippen LogP contribution is 2.28. The van der Waals surface area contributed by atoms with Gasteiger partial charge in [-0.15, -0.1) is 0 Å². The van der Waals surface area contributed by atoms with Crippen molar-refractivity contribution in [1.29, 1.82) is 0 Å². The molecule has 1 rings (SSSR count). The van der Waals surface area contributed by atoms with Gasteiger partial charge in [0.1, 0.15) is 9.57 Å². The summed E-state index contributed by atoms with van der Waals surface area (Å²) in [4.78, 5) is 0. The van der Waals surface area contributed by atoms with Gasteiger partial charge >= 0.3 is 0 Å². The van der Waals surface area contributed by atoms with Crippen molar-refractivity contribution >= 4 is 55.4 Å². The van der Waals surface area contributed by atoms with Gasteiger partial charge in [-0.25, -0.2) is 0 Å². The Hall–Kier alpha value is 0.250. The second-order valence-electron chi connectivity index (χ2n) is 3.49. The van der Waals surface area contributed by atoms with E-state index in [0.717, 1.165) is 22.2 Å². The predicted octanol–water partition coefficient (Wildman–Crippen LogP) is 3.24. The van der Waals surface area contributed by atoms with E-state index in [2.05, 4.69) is 15.9 Å². The van der Waals surface area contributed by atoms with Gasteiger partial charge in [0.05, 0.1) is 6.26 Å². The molecule has 2 unspecified atom stereocenters. The zero-order valence-corrected chi connectivity index (χ0v) is 13.4. The largest absolute Gasteiger partial charge is 0.616 e. The Kier molecular flexibility index (Phi) is 6.87. The molecular formula is C11H14BrNOS3. The third-order valence-electron chi connectivity index (χ3n) is 2.27. The number of thiocarbonyl (C=S) groups is 1. The summed E-state index contributed by atoms with van der Waals surface area (Å²) < 4.78 is 13.2. The first kappa shape index (κ1) is 15.3. The Bertz CT molecular complexity index is 369. The Balaban J connectivity index is 2.65. The highest BCUT2D eigenvalue weighted by atomic mass is 79.9. The Morgan fingerprint density at radius 1 is 1.53 bits per heavy atom. The second kappa shape index (κ2) is 7.63. The van der Waals surface area contributed by atoms with E-state index in [9.17, 15) is 4.55 Å². The van der Waals surface area contributed by atoms with Crippen LogP contribution in [0.4, 0.5) is 0 Å². The zero-order valence-electron chi connectivity index (χ0n) is 9.39. The minimum atomic E-state index is -0.888. The highest BCUT2D eigenvalue weighted by molar-refractivity contribution is 9.10. The average Bonchev–Trinajstić information content (AvgIpc) is 2.25. The van der Waals surface area contributed by atoms with E-state index in [0.29, 0.717) is 4.32 Å². The molecule has 0 aromatic heterocycles. The molecule has 0 amide bonds. The summed E-state index contributed by atoms with van der Waals surface area (Å²) in [7, 11) is 0. The van der Waals surface area contributed by atoms with Crippen LogP contribution in [0.3, 0.4) is 0 Å². The molecule has 17 heavy (non-hydrogen) atoms. The summed E-state index contributed by atoms with van der Waals surface area (Å²) in [6, 6.07) is 7.94. The summed E-state index contributed by atoms with van der Waals surface area (Å²) in [6.07, 6.45) is 2.55. The lowest BCUT2D eigenvalue weighted by atomic mass is 10.1. The molecule has 0 spiro atoms.